The summed E-state index contributed by atoms with van der Waals surface area (Å²) in [6.07, 6.45) is 0. The topological polar surface area (TPSA) is 169 Å². The summed E-state index contributed by atoms with van der Waals surface area (Å²) in [7, 11) is 0. The SMILES string of the molecule is CC(C)c1c(O)cc([C@H](NC(=N)N)C(=O)NCC(=O)O)cc1O. The van der Waals surface area contributed by atoms with Crippen LogP contribution in [0.4, 0.5) is 0 Å². The predicted octanol–water partition coefficient (Wildman–Crippen LogP) is -0.0538. The zero-order valence-corrected chi connectivity index (χ0v) is 12.8. The number of guanidine groups is 1. The first kappa shape index (κ1) is 18.1. The van der Waals surface area contributed by atoms with Gasteiger partial charge in [-0.1, -0.05) is 13.8 Å². The first-order valence-corrected chi connectivity index (χ1v) is 6.79. The first-order valence-electron chi connectivity index (χ1n) is 6.79. The van der Waals surface area contributed by atoms with Gasteiger partial charge >= 0.3 is 5.97 Å². The summed E-state index contributed by atoms with van der Waals surface area (Å²) < 4.78 is 0. The van der Waals surface area contributed by atoms with Crippen LogP contribution in [0.25, 0.3) is 0 Å². The van der Waals surface area contributed by atoms with Crippen molar-refractivity contribution in [3.05, 3.63) is 23.3 Å². The zero-order valence-electron chi connectivity index (χ0n) is 12.8. The molecule has 0 heterocycles. The van der Waals surface area contributed by atoms with Crippen LogP contribution in [-0.2, 0) is 9.59 Å². The fourth-order valence-electron chi connectivity index (χ4n) is 2.12. The average molecular weight is 324 g/mol. The van der Waals surface area contributed by atoms with Crippen molar-refractivity contribution in [2.24, 2.45) is 5.73 Å². The highest BCUT2D eigenvalue weighted by molar-refractivity contribution is 5.90. The summed E-state index contributed by atoms with van der Waals surface area (Å²) in [6.45, 7) is 2.94. The van der Waals surface area contributed by atoms with Crippen molar-refractivity contribution in [1.29, 1.82) is 5.41 Å². The number of rotatable bonds is 6. The quantitative estimate of drug-likeness (QED) is 0.284. The van der Waals surface area contributed by atoms with Gasteiger partial charge in [-0.05, 0) is 23.6 Å². The summed E-state index contributed by atoms with van der Waals surface area (Å²) in [5, 5.41) is 40.4. The molecule has 126 valence electrons. The molecular formula is C14H20N4O5. The second kappa shape index (κ2) is 7.34. The second-order valence-corrected chi connectivity index (χ2v) is 5.23. The molecule has 1 amide bonds. The molecule has 0 spiro atoms. The van der Waals surface area contributed by atoms with Crippen LogP contribution in [0, 0.1) is 5.41 Å². The van der Waals surface area contributed by atoms with E-state index in [1.807, 2.05) is 0 Å². The number of nitrogens with one attached hydrogen (secondary N) is 3. The number of hydrogen-bond donors (Lipinski definition) is 7. The molecular weight excluding hydrogens is 304 g/mol. The minimum atomic E-state index is -1.24. The van der Waals surface area contributed by atoms with E-state index in [-0.39, 0.29) is 23.0 Å². The number of phenols is 2. The van der Waals surface area contributed by atoms with E-state index in [9.17, 15) is 19.8 Å². The summed E-state index contributed by atoms with van der Waals surface area (Å²) >= 11 is 0. The van der Waals surface area contributed by atoms with Gasteiger partial charge in [0, 0.05) is 5.56 Å². The number of aromatic hydroxyl groups is 2. The molecule has 1 aromatic rings. The maximum absolute atomic E-state index is 12.1. The number of hydrogen-bond acceptors (Lipinski definition) is 5. The third kappa shape index (κ3) is 4.77. The Bertz CT molecular complexity index is 607. The van der Waals surface area contributed by atoms with Gasteiger partial charge in [-0.2, -0.15) is 0 Å². The van der Waals surface area contributed by atoms with E-state index in [0.29, 0.717) is 5.56 Å². The molecule has 0 unspecified atom stereocenters. The van der Waals surface area contributed by atoms with Crippen molar-refractivity contribution >= 4 is 17.8 Å². The average Bonchev–Trinajstić information content (AvgIpc) is 2.40. The molecule has 23 heavy (non-hydrogen) atoms. The van der Waals surface area contributed by atoms with Crippen LogP contribution in [-0.4, -0.2) is 39.7 Å². The first-order chi connectivity index (χ1) is 10.6. The van der Waals surface area contributed by atoms with Gasteiger partial charge < -0.3 is 31.7 Å². The summed E-state index contributed by atoms with van der Waals surface area (Å²) in [5.74, 6) is -3.09. The number of benzene rings is 1. The van der Waals surface area contributed by atoms with Crippen molar-refractivity contribution in [2.45, 2.75) is 25.8 Å². The second-order valence-electron chi connectivity index (χ2n) is 5.23. The van der Waals surface area contributed by atoms with Crippen LogP contribution >= 0.6 is 0 Å². The molecule has 1 aromatic carbocycles. The van der Waals surface area contributed by atoms with Gasteiger partial charge in [0.1, 0.15) is 24.1 Å². The molecule has 0 bridgehead atoms. The summed E-state index contributed by atoms with van der Waals surface area (Å²) in [5.41, 5.74) is 5.69. The Kier molecular flexibility index (Phi) is 5.77. The van der Waals surface area contributed by atoms with E-state index < -0.39 is 30.4 Å². The normalized spacial score (nSPS) is 11.8. The highest BCUT2D eigenvalue weighted by Gasteiger charge is 2.24. The van der Waals surface area contributed by atoms with E-state index in [1.54, 1.807) is 13.8 Å². The third-order valence-electron chi connectivity index (χ3n) is 3.05. The van der Waals surface area contributed by atoms with Crippen LogP contribution in [0.3, 0.4) is 0 Å². The van der Waals surface area contributed by atoms with Crippen LogP contribution in [0.2, 0.25) is 0 Å². The Morgan fingerprint density at radius 3 is 2.17 bits per heavy atom. The number of amides is 1. The molecule has 0 aromatic heterocycles. The van der Waals surface area contributed by atoms with Crippen molar-refractivity contribution in [1.82, 2.24) is 10.6 Å². The van der Waals surface area contributed by atoms with Crippen molar-refractivity contribution in [3.63, 3.8) is 0 Å². The van der Waals surface area contributed by atoms with Gasteiger partial charge in [-0.15, -0.1) is 0 Å². The predicted molar refractivity (Wildman–Crippen MR) is 82.3 cm³/mol. The standard InChI is InChI=1S/C14H20N4O5/c1-6(2)11-8(19)3-7(4-9(11)20)12(18-14(15)16)13(23)17-5-10(21)22/h3-4,6,12,19-20H,5H2,1-2H3,(H,17,23)(H,21,22)(H4,15,16,18)/t12-/m0/s1. The fraction of sp³-hybridized carbons (Fsp3) is 0.357. The summed E-state index contributed by atoms with van der Waals surface area (Å²) in [6, 6.07) is 1.29. The van der Waals surface area contributed by atoms with Gasteiger partial charge in [0.2, 0.25) is 5.91 Å². The molecule has 0 fully saturated rings. The molecule has 1 rings (SSSR count). The van der Waals surface area contributed by atoms with Crippen LogP contribution < -0.4 is 16.4 Å². The number of nitrogens with two attached hydrogens (primary N) is 1. The molecule has 1 atom stereocenters. The molecule has 0 aliphatic rings. The van der Waals surface area contributed by atoms with Gasteiger partial charge in [-0.3, -0.25) is 15.0 Å². The monoisotopic (exact) mass is 324 g/mol. The molecule has 0 saturated carbocycles. The number of phenolic OH excluding ortho intramolecular Hbond substituents is 2. The minimum absolute atomic E-state index is 0.141. The van der Waals surface area contributed by atoms with Crippen LogP contribution in [0.1, 0.15) is 36.9 Å². The van der Waals surface area contributed by atoms with Gasteiger partial charge in [0.15, 0.2) is 5.96 Å². The Morgan fingerprint density at radius 1 is 1.26 bits per heavy atom. The highest BCUT2D eigenvalue weighted by Crippen LogP contribution is 2.36. The van der Waals surface area contributed by atoms with Crippen molar-refractivity contribution < 1.29 is 24.9 Å². The van der Waals surface area contributed by atoms with Crippen molar-refractivity contribution in [3.8, 4) is 11.5 Å². The Hall–Kier alpha value is -2.97. The number of aliphatic carboxylic acids is 1. The molecule has 8 N–H and O–H groups in total. The maximum Gasteiger partial charge on any atom is 0.322 e. The van der Waals surface area contributed by atoms with E-state index in [1.165, 1.54) is 12.1 Å². The fourth-order valence-corrected chi connectivity index (χ4v) is 2.12. The van der Waals surface area contributed by atoms with E-state index in [2.05, 4.69) is 10.6 Å². The van der Waals surface area contributed by atoms with Gasteiger partial charge in [0.05, 0.1) is 0 Å². The molecule has 0 saturated heterocycles. The van der Waals surface area contributed by atoms with E-state index in [0.717, 1.165) is 0 Å². The van der Waals surface area contributed by atoms with E-state index in [4.69, 9.17) is 16.2 Å². The van der Waals surface area contributed by atoms with Gasteiger partial charge in [0.25, 0.3) is 0 Å². The number of carbonyl (C=O) groups excluding carboxylic acids is 1. The molecule has 9 nitrogen and oxygen atoms in total. The largest absolute Gasteiger partial charge is 0.508 e. The lowest BCUT2D eigenvalue weighted by Gasteiger charge is -2.20. The Morgan fingerprint density at radius 2 is 1.78 bits per heavy atom. The molecule has 9 heteroatoms. The molecule has 0 aliphatic carbocycles. The molecule has 0 radical (unpaired) electrons. The number of carboxylic acid groups (broad SMARTS) is 1. The Labute approximate surface area is 132 Å². The van der Waals surface area contributed by atoms with Crippen molar-refractivity contribution in [2.75, 3.05) is 6.54 Å². The summed E-state index contributed by atoms with van der Waals surface area (Å²) in [4.78, 5) is 22.6. The zero-order chi connectivity index (χ0) is 17.7. The molecule has 0 aliphatic heterocycles. The lowest BCUT2D eigenvalue weighted by Crippen LogP contribution is -2.44. The van der Waals surface area contributed by atoms with Crippen LogP contribution in [0.15, 0.2) is 12.1 Å². The van der Waals surface area contributed by atoms with Gasteiger partial charge in [-0.25, -0.2) is 0 Å². The maximum atomic E-state index is 12.1. The Balaban J connectivity index is 3.19. The minimum Gasteiger partial charge on any atom is -0.508 e. The highest BCUT2D eigenvalue weighted by atomic mass is 16.4. The smallest absolute Gasteiger partial charge is 0.322 e. The van der Waals surface area contributed by atoms with Crippen LogP contribution in [0.5, 0.6) is 11.5 Å². The third-order valence-corrected chi connectivity index (χ3v) is 3.05. The lowest BCUT2D eigenvalue weighted by molar-refractivity contribution is -0.138. The number of carbonyl (C=O) groups is 2. The number of carboxylic acids is 1. The van der Waals surface area contributed by atoms with E-state index >= 15 is 0 Å². The lowest BCUT2D eigenvalue weighted by atomic mass is 9.96.